The summed E-state index contributed by atoms with van der Waals surface area (Å²) in [6, 6.07) is 0. The van der Waals surface area contributed by atoms with E-state index in [0.29, 0.717) is 6.61 Å². The lowest BCUT2D eigenvalue weighted by molar-refractivity contribution is 0.132. The molecule has 0 aliphatic heterocycles. The zero-order valence-corrected chi connectivity index (χ0v) is 8.46. The van der Waals surface area contributed by atoms with Gasteiger partial charge in [-0.1, -0.05) is 22.6 Å². The molecule has 0 fully saturated rings. The van der Waals surface area contributed by atoms with Gasteiger partial charge in [0.15, 0.2) is 5.82 Å². The van der Waals surface area contributed by atoms with Crippen molar-refractivity contribution in [2.45, 2.75) is 13.5 Å². The van der Waals surface area contributed by atoms with Crippen LogP contribution in [0.3, 0.4) is 0 Å². The van der Waals surface area contributed by atoms with Gasteiger partial charge in [-0.05, 0) is 6.92 Å². The van der Waals surface area contributed by atoms with E-state index in [0.717, 1.165) is 22.7 Å². The number of hydrogen-bond acceptors (Lipinski definition) is 3. The molecule has 0 aliphatic rings. The Bertz CT molecular complexity index is 213. The van der Waals surface area contributed by atoms with Crippen LogP contribution < -0.4 is 0 Å². The fraction of sp³-hybridized carbons (Fsp3) is 0.667. The fourth-order valence-corrected chi connectivity index (χ4v) is 0.983. The van der Waals surface area contributed by atoms with E-state index in [2.05, 4.69) is 37.8 Å². The lowest BCUT2D eigenvalue weighted by atomic mass is 10.6. The van der Waals surface area contributed by atoms with E-state index in [1.54, 1.807) is 0 Å². The van der Waals surface area contributed by atoms with Gasteiger partial charge in [-0.3, -0.25) is 5.10 Å². The minimum atomic E-state index is 0.507. The highest BCUT2D eigenvalue weighted by molar-refractivity contribution is 14.1. The molecule has 0 saturated carbocycles. The zero-order valence-electron chi connectivity index (χ0n) is 6.30. The van der Waals surface area contributed by atoms with Gasteiger partial charge < -0.3 is 4.74 Å². The molecule has 1 rings (SSSR count). The Labute approximate surface area is 78.9 Å². The summed E-state index contributed by atoms with van der Waals surface area (Å²) in [5.41, 5.74) is 0. The van der Waals surface area contributed by atoms with E-state index in [4.69, 9.17) is 4.74 Å². The van der Waals surface area contributed by atoms with Crippen LogP contribution in [0.15, 0.2) is 0 Å². The van der Waals surface area contributed by atoms with Crippen molar-refractivity contribution in [3.05, 3.63) is 11.6 Å². The molecule has 0 bridgehead atoms. The molecule has 1 N–H and O–H groups in total. The number of nitrogens with zero attached hydrogens (tertiary/aromatic N) is 2. The second-order valence-corrected chi connectivity index (χ2v) is 3.16. The number of nitrogens with one attached hydrogen (secondary N) is 1. The summed E-state index contributed by atoms with van der Waals surface area (Å²) in [6.45, 7) is 3.14. The summed E-state index contributed by atoms with van der Waals surface area (Å²) in [7, 11) is 0. The van der Waals surface area contributed by atoms with Crippen molar-refractivity contribution >= 4 is 22.6 Å². The van der Waals surface area contributed by atoms with Crippen LogP contribution in [0.5, 0.6) is 0 Å². The number of H-pyrrole nitrogens is 1. The monoisotopic (exact) mass is 267 g/mol. The summed E-state index contributed by atoms with van der Waals surface area (Å²) in [4.78, 5) is 4.09. The van der Waals surface area contributed by atoms with Gasteiger partial charge in [-0.15, -0.1) is 0 Å². The van der Waals surface area contributed by atoms with Crippen LogP contribution in [-0.2, 0) is 11.3 Å². The van der Waals surface area contributed by atoms with E-state index in [-0.39, 0.29) is 0 Å². The Balaban J connectivity index is 2.27. The van der Waals surface area contributed by atoms with Crippen LogP contribution in [0.1, 0.15) is 11.6 Å². The molecule has 0 spiro atoms. The smallest absolute Gasteiger partial charge is 0.176 e. The molecule has 1 heterocycles. The van der Waals surface area contributed by atoms with Crippen LogP contribution in [-0.4, -0.2) is 26.2 Å². The molecule has 5 heteroatoms. The number of alkyl halides is 1. The quantitative estimate of drug-likeness (QED) is 0.504. The molecule has 1 aromatic heterocycles. The zero-order chi connectivity index (χ0) is 8.10. The second kappa shape index (κ2) is 4.66. The summed E-state index contributed by atoms with van der Waals surface area (Å²) in [5, 5.41) is 6.68. The first-order valence-corrected chi connectivity index (χ1v) is 4.87. The number of ether oxygens (including phenoxy) is 1. The predicted octanol–water partition coefficient (Wildman–Crippen LogP) is 1.06. The molecule has 4 nitrogen and oxygen atoms in total. The van der Waals surface area contributed by atoms with Crippen LogP contribution in [0.4, 0.5) is 0 Å². The summed E-state index contributed by atoms with van der Waals surface area (Å²) >= 11 is 2.26. The molecule has 0 aliphatic carbocycles. The molecule has 0 radical (unpaired) electrons. The maximum absolute atomic E-state index is 5.23. The standard InChI is InChI=1S/C6H10IN3O/c1-5-8-6(10-9-5)4-11-3-2-7/h2-4H2,1H3,(H,8,9,10). The van der Waals surface area contributed by atoms with Gasteiger partial charge in [0.2, 0.25) is 0 Å². The van der Waals surface area contributed by atoms with E-state index in [1.807, 2.05) is 6.92 Å². The first kappa shape index (κ1) is 8.92. The van der Waals surface area contributed by atoms with E-state index in [1.165, 1.54) is 0 Å². The van der Waals surface area contributed by atoms with Gasteiger partial charge in [0.25, 0.3) is 0 Å². The Morgan fingerprint density at radius 3 is 3.00 bits per heavy atom. The van der Waals surface area contributed by atoms with Gasteiger partial charge in [-0.2, -0.15) is 5.10 Å². The molecule has 1 aromatic rings. The van der Waals surface area contributed by atoms with Crippen LogP contribution in [0.2, 0.25) is 0 Å². The Kier molecular flexibility index (Phi) is 3.78. The summed E-state index contributed by atoms with van der Waals surface area (Å²) < 4.78 is 6.23. The minimum Gasteiger partial charge on any atom is -0.373 e. The predicted molar refractivity (Wildman–Crippen MR) is 49.7 cm³/mol. The molecular formula is C6H10IN3O. The minimum absolute atomic E-state index is 0.507. The van der Waals surface area contributed by atoms with Crippen LogP contribution >= 0.6 is 22.6 Å². The number of aromatic amines is 1. The fourth-order valence-electron chi connectivity index (χ4n) is 0.672. The number of rotatable bonds is 4. The lowest BCUT2D eigenvalue weighted by Gasteiger charge is -1.95. The largest absolute Gasteiger partial charge is 0.373 e. The third-order valence-corrected chi connectivity index (χ3v) is 1.54. The highest BCUT2D eigenvalue weighted by atomic mass is 127. The van der Waals surface area contributed by atoms with E-state index < -0.39 is 0 Å². The molecule has 0 aromatic carbocycles. The normalized spacial score (nSPS) is 10.4. The second-order valence-electron chi connectivity index (χ2n) is 2.08. The van der Waals surface area contributed by atoms with Gasteiger partial charge in [0, 0.05) is 4.43 Å². The van der Waals surface area contributed by atoms with Crippen molar-refractivity contribution in [3.63, 3.8) is 0 Å². The van der Waals surface area contributed by atoms with Crippen molar-refractivity contribution in [2.75, 3.05) is 11.0 Å². The maximum Gasteiger partial charge on any atom is 0.176 e. The summed E-state index contributed by atoms with van der Waals surface area (Å²) in [6.07, 6.45) is 0. The van der Waals surface area contributed by atoms with Crippen molar-refractivity contribution < 1.29 is 4.74 Å². The number of aryl methyl sites for hydroxylation is 1. The molecule has 11 heavy (non-hydrogen) atoms. The number of hydrogen-bond donors (Lipinski definition) is 1. The molecule has 0 amide bonds. The highest BCUT2D eigenvalue weighted by Crippen LogP contribution is 1.93. The van der Waals surface area contributed by atoms with Gasteiger partial charge in [-0.25, -0.2) is 4.98 Å². The van der Waals surface area contributed by atoms with Crippen LogP contribution in [0.25, 0.3) is 0 Å². The molecule has 62 valence electrons. The first-order valence-electron chi connectivity index (χ1n) is 3.34. The average molecular weight is 267 g/mol. The van der Waals surface area contributed by atoms with E-state index in [9.17, 15) is 0 Å². The number of halogens is 1. The number of aromatic nitrogens is 3. The Hall–Kier alpha value is -0.170. The lowest BCUT2D eigenvalue weighted by Crippen LogP contribution is -1.97. The topological polar surface area (TPSA) is 50.8 Å². The molecule has 0 atom stereocenters. The van der Waals surface area contributed by atoms with Crippen LogP contribution in [0, 0.1) is 6.92 Å². The molecule has 0 saturated heterocycles. The average Bonchev–Trinajstić information content (AvgIpc) is 2.37. The van der Waals surface area contributed by atoms with Crippen molar-refractivity contribution in [1.82, 2.24) is 15.2 Å². The third-order valence-electron chi connectivity index (χ3n) is 1.10. The van der Waals surface area contributed by atoms with Gasteiger partial charge in [0.1, 0.15) is 12.4 Å². The highest BCUT2D eigenvalue weighted by Gasteiger charge is 1.97. The van der Waals surface area contributed by atoms with Crippen molar-refractivity contribution in [1.29, 1.82) is 0 Å². The SMILES string of the molecule is Cc1nc(COCCI)n[nH]1. The third kappa shape index (κ3) is 3.15. The van der Waals surface area contributed by atoms with Gasteiger partial charge >= 0.3 is 0 Å². The van der Waals surface area contributed by atoms with Crippen molar-refractivity contribution in [2.24, 2.45) is 0 Å². The first-order chi connectivity index (χ1) is 5.33. The summed E-state index contributed by atoms with van der Waals surface area (Å²) in [5.74, 6) is 1.56. The maximum atomic E-state index is 5.23. The molecular weight excluding hydrogens is 257 g/mol. The Morgan fingerprint density at radius 1 is 1.64 bits per heavy atom. The van der Waals surface area contributed by atoms with E-state index >= 15 is 0 Å². The van der Waals surface area contributed by atoms with Crippen molar-refractivity contribution in [3.8, 4) is 0 Å². The molecule has 0 unspecified atom stereocenters. The Morgan fingerprint density at radius 2 is 2.45 bits per heavy atom. The van der Waals surface area contributed by atoms with Gasteiger partial charge in [0.05, 0.1) is 6.61 Å².